The Balaban J connectivity index is 1.81. The maximum absolute atomic E-state index is 3.69. The van der Waals surface area contributed by atoms with Gasteiger partial charge < -0.3 is 5.32 Å². The zero-order valence-electron chi connectivity index (χ0n) is 11.3. The van der Waals surface area contributed by atoms with Crippen molar-refractivity contribution in [3.63, 3.8) is 0 Å². The SMILES string of the molecule is CCC(Br)CCNCC1CCCc2ccccc21. The zero-order valence-corrected chi connectivity index (χ0v) is 12.9. The maximum atomic E-state index is 3.69. The topological polar surface area (TPSA) is 12.0 Å². The molecule has 2 atom stereocenters. The Labute approximate surface area is 119 Å². The molecule has 1 aliphatic rings. The van der Waals surface area contributed by atoms with Crippen molar-refractivity contribution in [2.75, 3.05) is 13.1 Å². The van der Waals surface area contributed by atoms with Crippen molar-refractivity contribution < 1.29 is 0 Å². The van der Waals surface area contributed by atoms with E-state index in [0.717, 1.165) is 19.0 Å². The summed E-state index contributed by atoms with van der Waals surface area (Å²) < 4.78 is 0. The molecule has 0 heterocycles. The Morgan fingerprint density at radius 1 is 1.39 bits per heavy atom. The second-order valence-electron chi connectivity index (χ2n) is 5.29. The number of rotatable bonds is 6. The third-order valence-electron chi connectivity index (χ3n) is 3.96. The average molecular weight is 310 g/mol. The van der Waals surface area contributed by atoms with E-state index < -0.39 is 0 Å². The third kappa shape index (κ3) is 3.83. The molecule has 1 nitrogen and oxygen atoms in total. The highest BCUT2D eigenvalue weighted by Gasteiger charge is 2.18. The highest BCUT2D eigenvalue weighted by molar-refractivity contribution is 9.09. The number of benzene rings is 1. The summed E-state index contributed by atoms with van der Waals surface area (Å²) in [6.07, 6.45) is 6.40. The van der Waals surface area contributed by atoms with Crippen molar-refractivity contribution in [2.45, 2.75) is 49.8 Å². The van der Waals surface area contributed by atoms with Crippen LogP contribution in [0.5, 0.6) is 0 Å². The first-order chi connectivity index (χ1) is 8.81. The number of aryl methyl sites for hydroxylation is 1. The molecule has 2 heteroatoms. The van der Waals surface area contributed by atoms with Gasteiger partial charge in [-0.3, -0.25) is 0 Å². The van der Waals surface area contributed by atoms with Crippen LogP contribution in [0.25, 0.3) is 0 Å². The van der Waals surface area contributed by atoms with E-state index in [0.29, 0.717) is 4.83 Å². The van der Waals surface area contributed by atoms with Crippen LogP contribution in [-0.2, 0) is 6.42 Å². The molecule has 2 rings (SSSR count). The van der Waals surface area contributed by atoms with Gasteiger partial charge in [-0.2, -0.15) is 0 Å². The minimum Gasteiger partial charge on any atom is -0.316 e. The molecule has 2 unspecified atom stereocenters. The largest absolute Gasteiger partial charge is 0.316 e. The highest BCUT2D eigenvalue weighted by Crippen LogP contribution is 2.30. The lowest BCUT2D eigenvalue weighted by Crippen LogP contribution is -2.26. The average Bonchev–Trinajstić information content (AvgIpc) is 2.43. The number of halogens is 1. The number of hydrogen-bond acceptors (Lipinski definition) is 1. The highest BCUT2D eigenvalue weighted by atomic mass is 79.9. The molecule has 0 radical (unpaired) electrons. The van der Waals surface area contributed by atoms with Gasteiger partial charge in [-0.05, 0) is 55.7 Å². The van der Waals surface area contributed by atoms with Crippen LogP contribution in [-0.4, -0.2) is 17.9 Å². The van der Waals surface area contributed by atoms with Crippen molar-refractivity contribution in [1.29, 1.82) is 0 Å². The van der Waals surface area contributed by atoms with Gasteiger partial charge in [-0.15, -0.1) is 0 Å². The maximum Gasteiger partial charge on any atom is 0.0155 e. The third-order valence-corrected chi connectivity index (χ3v) is 5.07. The minimum absolute atomic E-state index is 0.670. The summed E-state index contributed by atoms with van der Waals surface area (Å²) in [5.41, 5.74) is 3.16. The lowest BCUT2D eigenvalue weighted by molar-refractivity contribution is 0.501. The van der Waals surface area contributed by atoms with Gasteiger partial charge in [-0.1, -0.05) is 47.1 Å². The lowest BCUT2D eigenvalue weighted by atomic mass is 9.83. The van der Waals surface area contributed by atoms with E-state index in [2.05, 4.69) is 52.4 Å². The van der Waals surface area contributed by atoms with Crippen molar-refractivity contribution in [3.8, 4) is 0 Å². The van der Waals surface area contributed by atoms with Gasteiger partial charge in [-0.25, -0.2) is 0 Å². The van der Waals surface area contributed by atoms with E-state index in [1.807, 2.05) is 0 Å². The summed E-state index contributed by atoms with van der Waals surface area (Å²) >= 11 is 3.69. The summed E-state index contributed by atoms with van der Waals surface area (Å²) in [6.45, 7) is 4.50. The number of hydrogen-bond donors (Lipinski definition) is 1. The first-order valence-corrected chi connectivity index (χ1v) is 8.15. The first kappa shape index (κ1) is 14.1. The van der Waals surface area contributed by atoms with Gasteiger partial charge in [0.2, 0.25) is 0 Å². The second kappa shape index (κ2) is 7.30. The van der Waals surface area contributed by atoms with Crippen molar-refractivity contribution in [2.24, 2.45) is 0 Å². The Kier molecular flexibility index (Phi) is 5.71. The predicted molar refractivity (Wildman–Crippen MR) is 82.6 cm³/mol. The summed E-state index contributed by atoms with van der Waals surface area (Å²) in [6, 6.07) is 8.97. The van der Waals surface area contributed by atoms with Gasteiger partial charge in [0.1, 0.15) is 0 Å². The molecule has 1 aromatic carbocycles. The molecular weight excluding hydrogens is 286 g/mol. The Morgan fingerprint density at radius 2 is 2.22 bits per heavy atom. The Bertz CT molecular complexity index is 364. The fourth-order valence-electron chi connectivity index (χ4n) is 2.81. The van der Waals surface area contributed by atoms with Gasteiger partial charge in [0.05, 0.1) is 0 Å². The summed E-state index contributed by atoms with van der Waals surface area (Å²) in [5.74, 6) is 0.727. The summed E-state index contributed by atoms with van der Waals surface area (Å²) in [7, 11) is 0. The van der Waals surface area contributed by atoms with Crippen molar-refractivity contribution >= 4 is 15.9 Å². The Hall–Kier alpha value is -0.340. The second-order valence-corrected chi connectivity index (χ2v) is 6.58. The molecule has 0 amide bonds. The van der Waals surface area contributed by atoms with E-state index in [9.17, 15) is 0 Å². The van der Waals surface area contributed by atoms with Gasteiger partial charge in [0.25, 0.3) is 0 Å². The van der Waals surface area contributed by atoms with Gasteiger partial charge in [0.15, 0.2) is 0 Å². The van der Waals surface area contributed by atoms with E-state index in [-0.39, 0.29) is 0 Å². The molecule has 1 aromatic rings. The molecule has 0 aromatic heterocycles. The molecule has 0 bridgehead atoms. The quantitative estimate of drug-likeness (QED) is 0.611. The molecule has 1 aliphatic carbocycles. The lowest BCUT2D eigenvalue weighted by Gasteiger charge is -2.25. The molecule has 0 fully saturated rings. The minimum atomic E-state index is 0.670. The molecule has 0 saturated heterocycles. The predicted octanol–water partition coefficient (Wildman–Crippen LogP) is 4.26. The molecule has 0 spiro atoms. The number of fused-ring (bicyclic) bond motifs is 1. The van der Waals surface area contributed by atoms with Crippen LogP contribution in [0.15, 0.2) is 24.3 Å². The molecular formula is C16H24BrN. The summed E-state index contributed by atoms with van der Waals surface area (Å²) in [4.78, 5) is 0.670. The van der Waals surface area contributed by atoms with E-state index in [4.69, 9.17) is 0 Å². The van der Waals surface area contributed by atoms with Gasteiger partial charge in [0, 0.05) is 11.4 Å². The van der Waals surface area contributed by atoms with Crippen LogP contribution in [0.1, 0.15) is 49.7 Å². The summed E-state index contributed by atoms with van der Waals surface area (Å²) in [5, 5.41) is 3.63. The van der Waals surface area contributed by atoms with Crippen LogP contribution in [0.3, 0.4) is 0 Å². The van der Waals surface area contributed by atoms with Crippen LogP contribution in [0.4, 0.5) is 0 Å². The van der Waals surface area contributed by atoms with Crippen LogP contribution < -0.4 is 5.32 Å². The normalized spacial score (nSPS) is 20.4. The van der Waals surface area contributed by atoms with E-state index in [1.54, 1.807) is 11.1 Å². The number of nitrogens with one attached hydrogen (secondary N) is 1. The molecule has 1 N–H and O–H groups in total. The Morgan fingerprint density at radius 3 is 3.06 bits per heavy atom. The van der Waals surface area contributed by atoms with E-state index >= 15 is 0 Å². The molecule has 100 valence electrons. The van der Waals surface area contributed by atoms with Crippen LogP contribution >= 0.6 is 15.9 Å². The fourth-order valence-corrected chi connectivity index (χ4v) is 3.03. The van der Waals surface area contributed by atoms with Gasteiger partial charge >= 0.3 is 0 Å². The molecule has 0 aliphatic heterocycles. The van der Waals surface area contributed by atoms with Crippen LogP contribution in [0.2, 0.25) is 0 Å². The van der Waals surface area contributed by atoms with E-state index in [1.165, 1.54) is 32.1 Å². The fraction of sp³-hybridized carbons (Fsp3) is 0.625. The van der Waals surface area contributed by atoms with Crippen molar-refractivity contribution in [1.82, 2.24) is 5.32 Å². The van der Waals surface area contributed by atoms with Crippen LogP contribution in [0, 0.1) is 0 Å². The standard InChI is InChI=1S/C16H24BrN/c1-2-15(17)10-11-18-12-14-8-5-7-13-6-3-4-9-16(13)14/h3-4,6,9,14-15,18H,2,5,7-8,10-12H2,1H3. The molecule has 0 saturated carbocycles. The number of alkyl halides is 1. The zero-order chi connectivity index (χ0) is 12.8. The first-order valence-electron chi connectivity index (χ1n) is 7.24. The monoisotopic (exact) mass is 309 g/mol. The molecule has 18 heavy (non-hydrogen) atoms. The smallest absolute Gasteiger partial charge is 0.0155 e. The van der Waals surface area contributed by atoms with Crippen molar-refractivity contribution in [3.05, 3.63) is 35.4 Å².